The summed E-state index contributed by atoms with van der Waals surface area (Å²) in [5.74, 6) is 0.154. The number of carbonyl (C=O) groups is 1. The van der Waals surface area contributed by atoms with Crippen LogP contribution in [0.1, 0.15) is 49.0 Å². The van der Waals surface area contributed by atoms with Gasteiger partial charge in [0.05, 0.1) is 0 Å². The Labute approximate surface area is 127 Å². The predicted molar refractivity (Wildman–Crippen MR) is 85.1 cm³/mol. The molecule has 4 heteroatoms. The van der Waals surface area contributed by atoms with E-state index in [0.29, 0.717) is 12.0 Å². The Balaban J connectivity index is 0.00000200. The molecule has 0 atom stereocenters. The zero-order valence-electron chi connectivity index (χ0n) is 12.4. The van der Waals surface area contributed by atoms with Gasteiger partial charge in [-0.1, -0.05) is 32.4 Å². The summed E-state index contributed by atoms with van der Waals surface area (Å²) in [7, 11) is 0. The Morgan fingerprint density at radius 1 is 1.25 bits per heavy atom. The predicted octanol–water partition coefficient (Wildman–Crippen LogP) is 3.22. The SMILES string of the molecule is CCC1(C)CCN(C(=O)c2ccc(CN)cc2)CC1.Cl. The number of nitrogens with two attached hydrogens (primary N) is 1. The molecule has 0 aromatic heterocycles. The zero-order chi connectivity index (χ0) is 13.9. The van der Waals surface area contributed by atoms with E-state index in [9.17, 15) is 4.79 Å². The number of likely N-dealkylation sites (tertiary alicyclic amines) is 1. The largest absolute Gasteiger partial charge is 0.339 e. The molecule has 1 fully saturated rings. The van der Waals surface area contributed by atoms with Crippen LogP contribution in [0.25, 0.3) is 0 Å². The Hall–Kier alpha value is -1.06. The van der Waals surface area contributed by atoms with E-state index in [0.717, 1.165) is 37.1 Å². The van der Waals surface area contributed by atoms with Gasteiger partial charge < -0.3 is 10.6 Å². The van der Waals surface area contributed by atoms with Crippen molar-refractivity contribution in [3.05, 3.63) is 35.4 Å². The standard InChI is InChI=1S/C16H24N2O.ClH/c1-3-16(2)8-10-18(11-9-16)15(19)14-6-4-13(12-17)5-7-14;/h4-7H,3,8-12,17H2,1-2H3;1H. The molecule has 2 rings (SSSR count). The molecule has 1 saturated heterocycles. The van der Waals surface area contributed by atoms with Crippen molar-refractivity contribution >= 4 is 18.3 Å². The van der Waals surface area contributed by atoms with Crippen molar-refractivity contribution < 1.29 is 4.79 Å². The lowest BCUT2D eigenvalue weighted by Crippen LogP contribution is -2.41. The van der Waals surface area contributed by atoms with Crippen molar-refractivity contribution in [2.24, 2.45) is 11.1 Å². The van der Waals surface area contributed by atoms with Gasteiger partial charge in [-0.15, -0.1) is 12.4 Å². The third-order valence-electron chi connectivity index (χ3n) is 4.55. The van der Waals surface area contributed by atoms with Gasteiger partial charge in [-0.2, -0.15) is 0 Å². The second kappa shape index (κ2) is 7.09. The van der Waals surface area contributed by atoms with E-state index in [1.807, 2.05) is 29.2 Å². The molecule has 1 heterocycles. The van der Waals surface area contributed by atoms with E-state index in [4.69, 9.17) is 5.73 Å². The molecule has 1 amide bonds. The molecular formula is C16H25ClN2O. The maximum absolute atomic E-state index is 12.4. The fraction of sp³-hybridized carbons (Fsp3) is 0.562. The Kier molecular flexibility index (Phi) is 6.03. The van der Waals surface area contributed by atoms with E-state index in [1.165, 1.54) is 6.42 Å². The number of amides is 1. The summed E-state index contributed by atoms with van der Waals surface area (Å²) in [5.41, 5.74) is 7.82. The van der Waals surface area contributed by atoms with Crippen molar-refractivity contribution in [3.8, 4) is 0 Å². The highest BCUT2D eigenvalue weighted by atomic mass is 35.5. The first kappa shape index (κ1) is 17.0. The molecule has 1 aliphatic rings. The molecule has 0 radical (unpaired) electrons. The van der Waals surface area contributed by atoms with Crippen molar-refractivity contribution in [2.45, 2.75) is 39.7 Å². The summed E-state index contributed by atoms with van der Waals surface area (Å²) in [5, 5.41) is 0. The van der Waals surface area contributed by atoms with Gasteiger partial charge in [-0.25, -0.2) is 0 Å². The van der Waals surface area contributed by atoms with Gasteiger partial charge in [0.1, 0.15) is 0 Å². The minimum Gasteiger partial charge on any atom is -0.339 e. The van der Waals surface area contributed by atoms with E-state index < -0.39 is 0 Å². The van der Waals surface area contributed by atoms with Crippen LogP contribution in [0.3, 0.4) is 0 Å². The average molecular weight is 297 g/mol. The van der Waals surface area contributed by atoms with Crippen LogP contribution in [-0.4, -0.2) is 23.9 Å². The number of piperidine rings is 1. The van der Waals surface area contributed by atoms with E-state index in [2.05, 4.69) is 13.8 Å². The first-order chi connectivity index (χ1) is 9.08. The van der Waals surface area contributed by atoms with Gasteiger partial charge in [0.25, 0.3) is 5.91 Å². The highest BCUT2D eigenvalue weighted by molar-refractivity contribution is 5.94. The van der Waals surface area contributed by atoms with E-state index >= 15 is 0 Å². The summed E-state index contributed by atoms with van der Waals surface area (Å²) in [4.78, 5) is 14.4. The van der Waals surface area contributed by atoms with Crippen LogP contribution in [0.4, 0.5) is 0 Å². The molecule has 20 heavy (non-hydrogen) atoms. The van der Waals surface area contributed by atoms with Gasteiger partial charge in [-0.3, -0.25) is 4.79 Å². The van der Waals surface area contributed by atoms with Crippen LogP contribution in [0.2, 0.25) is 0 Å². The molecule has 112 valence electrons. The number of rotatable bonds is 3. The van der Waals surface area contributed by atoms with Crippen LogP contribution in [0, 0.1) is 5.41 Å². The average Bonchev–Trinajstić information content (AvgIpc) is 2.47. The zero-order valence-corrected chi connectivity index (χ0v) is 13.2. The van der Waals surface area contributed by atoms with Crippen LogP contribution in [0.5, 0.6) is 0 Å². The summed E-state index contributed by atoms with van der Waals surface area (Å²) in [6, 6.07) is 7.65. The third kappa shape index (κ3) is 3.74. The molecule has 0 spiro atoms. The first-order valence-electron chi connectivity index (χ1n) is 7.16. The smallest absolute Gasteiger partial charge is 0.253 e. The molecule has 1 aliphatic heterocycles. The lowest BCUT2D eigenvalue weighted by molar-refractivity contribution is 0.0600. The Morgan fingerprint density at radius 3 is 2.25 bits per heavy atom. The normalized spacial score (nSPS) is 17.4. The molecular weight excluding hydrogens is 272 g/mol. The van der Waals surface area contributed by atoms with E-state index in [-0.39, 0.29) is 18.3 Å². The lowest BCUT2D eigenvalue weighted by atomic mass is 9.78. The van der Waals surface area contributed by atoms with Crippen LogP contribution >= 0.6 is 12.4 Å². The summed E-state index contributed by atoms with van der Waals surface area (Å²) < 4.78 is 0. The highest BCUT2D eigenvalue weighted by Crippen LogP contribution is 2.34. The molecule has 0 aliphatic carbocycles. The molecule has 0 saturated carbocycles. The van der Waals surface area contributed by atoms with Gasteiger partial charge in [0.15, 0.2) is 0 Å². The molecule has 3 nitrogen and oxygen atoms in total. The maximum atomic E-state index is 12.4. The van der Waals surface area contributed by atoms with Crippen molar-refractivity contribution in [1.29, 1.82) is 0 Å². The number of hydrogen-bond acceptors (Lipinski definition) is 2. The molecule has 2 N–H and O–H groups in total. The lowest BCUT2D eigenvalue weighted by Gasteiger charge is -2.39. The fourth-order valence-electron chi connectivity index (χ4n) is 2.57. The van der Waals surface area contributed by atoms with Crippen molar-refractivity contribution in [2.75, 3.05) is 13.1 Å². The number of hydrogen-bond donors (Lipinski definition) is 1. The summed E-state index contributed by atoms with van der Waals surface area (Å²) in [6.45, 7) is 6.84. The summed E-state index contributed by atoms with van der Waals surface area (Å²) >= 11 is 0. The molecule has 1 aromatic rings. The maximum Gasteiger partial charge on any atom is 0.253 e. The minimum atomic E-state index is 0. The fourth-order valence-corrected chi connectivity index (χ4v) is 2.57. The molecule has 0 bridgehead atoms. The van der Waals surface area contributed by atoms with Crippen LogP contribution < -0.4 is 5.73 Å². The number of nitrogens with zero attached hydrogens (tertiary/aromatic N) is 1. The second-order valence-corrected chi connectivity index (χ2v) is 5.86. The topological polar surface area (TPSA) is 46.3 Å². The number of benzene rings is 1. The van der Waals surface area contributed by atoms with Gasteiger partial charge in [0.2, 0.25) is 0 Å². The minimum absolute atomic E-state index is 0. The van der Waals surface area contributed by atoms with E-state index in [1.54, 1.807) is 0 Å². The number of halogens is 1. The van der Waals surface area contributed by atoms with Crippen LogP contribution in [-0.2, 0) is 6.54 Å². The Bertz CT molecular complexity index is 436. The van der Waals surface area contributed by atoms with Gasteiger partial charge in [0, 0.05) is 25.2 Å². The number of carbonyl (C=O) groups excluding carboxylic acids is 1. The quantitative estimate of drug-likeness (QED) is 0.931. The molecule has 1 aromatic carbocycles. The van der Waals surface area contributed by atoms with Crippen LogP contribution in [0.15, 0.2) is 24.3 Å². The third-order valence-corrected chi connectivity index (χ3v) is 4.55. The highest BCUT2D eigenvalue weighted by Gasteiger charge is 2.30. The van der Waals surface area contributed by atoms with Crippen molar-refractivity contribution in [1.82, 2.24) is 4.90 Å². The van der Waals surface area contributed by atoms with Gasteiger partial charge >= 0.3 is 0 Å². The van der Waals surface area contributed by atoms with Gasteiger partial charge in [-0.05, 0) is 36.0 Å². The second-order valence-electron chi connectivity index (χ2n) is 5.86. The monoisotopic (exact) mass is 296 g/mol. The first-order valence-corrected chi connectivity index (χ1v) is 7.16. The molecule has 0 unspecified atom stereocenters. The summed E-state index contributed by atoms with van der Waals surface area (Å²) in [6.07, 6.45) is 3.41. The van der Waals surface area contributed by atoms with Crippen molar-refractivity contribution in [3.63, 3.8) is 0 Å². The Morgan fingerprint density at radius 2 is 1.80 bits per heavy atom.